The molecule has 6 nitrogen and oxygen atoms in total. The molecular weight excluding hydrogens is 321 g/mol. The van der Waals surface area contributed by atoms with Crippen LogP contribution in [-0.2, 0) is 16.4 Å². The van der Waals surface area contributed by atoms with Crippen LogP contribution >= 0.6 is 0 Å². The molecular formula is C15H22FN3O3S. The van der Waals surface area contributed by atoms with Gasteiger partial charge >= 0.3 is 6.03 Å². The monoisotopic (exact) mass is 343 g/mol. The van der Waals surface area contributed by atoms with E-state index in [1.165, 1.54) is 10.4 Å². The van der Waals surface area contributed by atoms with Crippen LogP contribution in [0, 0.1) is 5.82 Å². The Morgan fingerprint density at radius 3 is 2.61 bits per heavy atom. The van der Waals surface area contributed by atoms with Crippen LogP contribution in [0.2, 0.25) is 0 Å². The summed E-state index contributed by atoms with van der Waals surface area (Å²) in [5.74, 6) is -0.345. The lowest BCUT2D eigenvalue weighted by Crippen LogP contribution is -2.43. The Morgan fingerprint density at radius 2 is 2.00 bits per heavy atom. The normalized spacial score (nSPS) is 14.7. The third-order valence-corrected chi connectivity index (χ3v) is 4.92. The molecule has 2 amide bonds. The highest BCUT2D eigenvalue weighted by Gasteiger charge is 2.23. The van der Waals surface area contributed by atoms with Crippen LogP contribution in [0.4, 0.5) is 9.18 Å². The Labute approximate surface area is 136 Å². The third-order valence-electron chi connectivity index (χ3n) is 3.62. The highest BCUT2D eigenvalue weighted by molar-refractivity contribution is 7.88. The van der Waals surface area contributed by atoms with Gasteiger partial charge < -0.3 is 10.6 Å². The second-order valence-corrected chi connectivity index (χ2v) is 7.66. The average Bonchev–Trinajstić information content (AvgIpc) is 3.26. The Kier molecular flexibility index (Phi) is 5.95. The number of rotatable bonds is 8. The first kappa shape index (κ1) is 17.7. The van der Waals surface area contributed by atoms with Gasteiger partial charge in [0.2, 0.25) is 10.0 Å². The molecule has 0 aliphatic heterocycles. The Balaban J connectivity index is 1.82. The molecule has 0 saturated heterocycles. The number of carbonyl (C=O) groups excluding carboxylic acids is 1. The molecule has 2 N–H and O–H groups in total. The van der Waals surface area contributed by atoms with Crippen LogP contribution in [-0.4, -0.2) is 50.7 Å². The molecule has 1 aromatic carbocycles. The second-order valence-electron chi connectivity index (χ2n) is 5.68. The van der Waals surface area contributed by atoms with Gasteiger partial charge in [-0.2, -0.15) is 0 Å². The Morgan fingerprint density at radius 1 is 1.30 bits per heavy atom. The fourth-order valence-electron chi connectivity index (χ4n) is 2.15. The molecule has 2 rings (SSSR count). The molecule has 1 aromatic rings. The van der Waals surface area contributed by atoms with Crippen LogP contribution in [0.5, 0.6) is 0 Å². The van der Waals surface area contributed by atoms with Crippen molar-refractivity contribution in [3.8, 4) is 0 Å². The first-order valence-electron chi connectivity index (χ1n) is 7.59. The molecule has 0 aromatic heterocycles. The quantitative estimate of drug-likeness (QED) is 0.742. The molecule has 128 valence electrons. The highest BCUT2D eigenvalue weighted by atomic mass is 32.2. The van der Waals surface area contributed by atoms with Crippen molar-refractivity contribution in [2.75, 3.05) is 25.9 Å². The number of halogens is 1. The van der Waals surface area contributed by atoms with E-state index in [-0.39, 0.29) is 43.9 Å². The van der Waals surface area contributed by atoms with Crippen molar-refractivity contribution >= 4 is 16.1 Å². The maximum atomic E-state index is 13.6. The lowest BCUT2D eigenvalue weighted by molar-refractivity contribution is 0.239. The minimum atomic E-state index is -3.42. The van der Waals surface area contributed by atoms with Crippen molar-refractivity contribution in [1.29, 1.82) is 0 Å². The van der Waals surface area contributed by atoms with Crippen LogP contribution in [0.3, 0.4) is 0 Å². The van der Waals surface area contributed by atoms with E-state index in [0.717, 1.165) is 19.1 Å². The lowest BCUT2D eigenvalue weighted by atomic mass is 10.1. The summed E-state index contributed by atoms with van der Waals surface area (Å²) in [6.07, 6.45) is 3.38. The fourth-order valence-corrected chi connectivity index (χ4v) is 2.99. The summed E-state index contributed by atoms with van der Waals surface area (Å²) in [5, 5.41) is 5.40. The number of hydrogen-bond donors (Lipinski definition) is 2. The molecule has 1 saturated carbocycles. The van der Waals surface area contributed by atoms with E-state index in [4.69, 9.17) is 0 Å². The van der Waals surface area contributed by atoms with E-state index >= 15 is 0 Å². The van der Waals surface area contributed by atoms with Gasteiger partial charge in [0.15, 0.2) is 0 Å². The van der Waals surface area contributed by atoms with Crippen LogP contribution in [0.1, 0.15) is 18.4 Å². The van der Waals surface area contributed by atoms with Gasteiger partial charge in [-0.15, -0.1) is 0 Å². The number of nitrogens with zero attached hydrogens (tertiary/aromatic N) is 1. The van der Waals surface area contributed by atoms with Crippen LogP contribution in [0.25, 0.3) is 0 Å². The summed E-state index contributed by atoms with van der Waals surface area (Å²) in [6.45, 7) is 0.542. The van der Waals surface area contributed by atoms with Gasteiger partial charge in [-0.1, -0.05) is 18.2 Å². The summed E-state index contributed by atoms with van der Waals surface area (Å²) >= 11 is 0. The summed E-state index contributed by atoms with van der Waals surface area (Å²) in [7, 11) is -3.42. The van der Waals surface area contributed by atoms with Crippen molar-refractivity contribution in [1.82, 2.24) is 14.9 Å². The molecule has 0 spiro atoms. The lowest BCUT2D eigenvalue weighted by Gasteiger charge is -2.20. The number of nitrogens with one attached hydrogen (secondary N) is 2. The number of benzene rings is 1. The number of hydrogen-bond acceptors (Lipinski definition) is 3. The molecule has 0 radical (unpaired) electrons. The standard InChI is InChI=1S/C15H22FN3O3S/c1-23(21,22)19(10-8-12-4-2-3-5-14(12)16)11-9-17-15(20)18-13-6-7-13/h2-5,13H,6-11H2,1H3,(H2,17,18,20). The van der Waals surface area contributed by atoms with Crippen LogP contribution < -0.4 is 10.6 Å². The predicted octanol–water partition coefficient (Wildman–Crippen LogP) is 1.09. The van der Waals surface area contributed by atoms with Gasteiger partial charge in [0.25, 0.3) is 0 Å². The molecule has 1 aliphatic carbocycles. The molecule has 0 heterocycles. The Bertz CT molecular complexity index is 647. The average molecular weight is 343 g/mol. The Hall–Kier alpha value is -1.67. The molecule has 1 aliphatic rings. The number of urea groups is 1. The van der Waals surface area contributed by atoms with Gasteiger partial charge in [0, 0.05) is 25.7 Å². The molecule has 23 heavy (non-hydrogen) atoms. The third kappa shape index (κ3) is 6.15. The van der Waals surface area contributed by atoms with E-state index in [1.54, 1.807) is 18.2 Å². The van der Waals surface area contributed by atoms with E-state index in [2.05, 4.69) is 10.6 Å². The fraction of sp³-hybridized carbons (Fsp3) is 0.533. The smallest absolute Gasteiger partial charge is 0.315 e. The van der Waals surface area contributed by atoms with Crippen molar-refractivity contribution in [2.24, 2.45) is 0 Å². The number of carbonyl (C=O) groups is 1. The maximum Gasteiger partial charge on any atom is 0.315 e. The predicted molar refractivity (Wildman–Crippen MR) is 86.1 cm³/mol. The highest BCUT2D eigenvalue weighted by Crippen LogP contribution is 2.18. The molecule has 8 heteroatoms. The second kappa shape index (κ2) is 7.74. The van der Waals surface area contributed by atoms with Gasteiger partial charge in [0.05, 0.1) is 6.26 Å². The van der Waals surface area contributed by atoms with E-state index in [1.807, 2.05) is 0 Å². The summed E-state index contributed by atoms with van der Waals surface area (Å²) in [4.78, 5) is 11.5. The summed E-state index contributed by atoms with van der Waals surface area (Å²) < 4.78 is 38.4. The zero-order valence-electron chi connectivity index (χ0n) is 13.1. The number of amides is 2. The van der Waals surface area contributed by atoms with E-state index in [0.29, 0.717) is 5.56 Å². The van der Waals surface area contributed by atoms with E-state index < -0.39 is 10.0 Å². The van der Waals surface area contributed by atoms with Crippen LogP contribution in [0.15, 0.2) is 24.3 Å². The van der Waals surface area contributed by atoms with E-state index in [9.17, 15) is 17.6 Å². The first-order chi connectivity index (χ1) is 10.9. The van der Waals surface area contributed by atoms with Crippen molar-refractivity contribution in [3.63, 3.8) is 0 Å². The first-order valence-corrected chi connectivity index (χ1v) is 9.44. The minimum Gasteiger partial charge on any atom is -0.337 e. The van der Waals surface area contributed by atoms with Gasteiger partial charge in [-0.05, 0) is 30.9 Å². The molecule has 1 fully saturated rings. The van der Waals surface area contributed by atoms with Gasteiger partial charge in [-0.3, -0.25) is 0 Å². The summed E-state index contributed by atoms with van der Waals surface area (Å²) in [5.41, 5.74) is 0.473. The minimum absolute atomic E-state index is 0.158. The molecule has 0 unspecified atom stereocenters. The zero-order chi connectivity index (χ0) is 16.9. The number of sulfonamides is 1. The molecule has 0 bridgehead atoms. The zero-order valence-corrected chi connectivity index (χ0v) is 13.9. The van der Waals surface area contributed by atoms with Crippen molar-refractivity contribution in [3.05, 3.63) is 35.6 Å². The van der Waals surface area contributed by atoms with Crippen molar-refractivity contribution in [2.45, 2.75) is 25.3 Å². The van der Waals surface area contributed by atoms with Gasteiger partial charge in [0.1, 0.15) is 5.82 Å². The molecule has 0 atom stereocenters. The van der Waals surface area contributed by atoms with Gasteiger partial charge in [-0.25, -0.2) is 21.9 Å². The largest absolute Gasteiger partial charge is 0.337 e. The SMILES string of the molecule is CS(=O)(=O)N(CCNC(=O)NC1CC1)CCc1ccccc1F. The topological polar surface area (TPSA) is 78.5 Å². The summed E-state index contributed by atoms with van der Waals surface area (Å²) in [6, 6.07) is 6.26. The van der Waals surface area contributed by atoms with Crippen molar-refractivity contribution < 1.29 is 17.6 Å². The maximum absolute atomic E-state index is 13.6.